The third-order valence-electron chi connectivity index (χ3n) is 4.43. The molecule has 0 unspecified atom stereocenters. The van der Waals surface area contributed by atoms with Gasteiger partial charge in [-0.25, -0.2) is 4.98 Å². The van der Waals surface area contributed by atoms with Gasteiger partial charge in [0, 0.05) is 19.4 Å². The maximum Gasteiger partial charge on any atom is 0.267 e. The van der Waals surface area contributed by atoms with E-state index in [9.17, 15) is 4.79 Å². The summed E-state index contributed by atoms with van der Waals surface area (Å²) >= 11 is 7.75. The minimum absolute atomic E-state index is 0.258. The third kappa shape index (κ3) is 3.68. The lowest BCUT2D eigenvalue weighted by molar-refractivity contribution is 0.0982. The Hall–Kier alpha value is -2.97. The van der Waals surface area contributed by atoms with Crippen molar-refractivity contribution >= 4 is 44.2 Å². The average Bonchev–Trinajstić information content (AvgIpc) is 3.34. The van der Waals surface area contributed by atoms with Crippen LogP contribution in [0.5, 0.6) is 5.88 Å². The SMILES string of the molecule is COc1nn(C)cc1C(=O)N(Cc1ccccn1)c1nc2c(C)ccc(Cl)c2s1. The number of carbonyl (C=O) groups excluding carboxylic acids is 1. The van der Waals surface area contributed by atoms with E-state index in [2.05, 4.69) is 10.1 Å². The van der Waals surface area contributed by atoms with Crippen molar-refractivity contribution < 1.29 is 9.53 Å². The number of pyridine rings is 1. The number of hydrogen-bond donors (Lipinski definition) is 0. The number of fused-ring (bicyclic) bond motifs is 1. The predicted octanol–water partition coefficient (Wildman–Crippen LogP) is 4.24. The van der Waals surface area contributed by atoms with E-state index in [0.717, 1.165) is 21.5 Å². The van der Waals surface area contributed by atoms with Gasteiger partial charge in [-0.3, -0.25) is 19.4 Å². The fourth-order valence-corrected chi connectivity index (χ4v) is 4.31. The molecule has 29 heavy (non-hydrogen) atoms. The Balaban J connectivity index is 1.83. The molecule has 0 saturated carbocycles. The first-order valence-electron chi connectivity index (χ1n) is 8.83. The molecule has 4 aromatic rings. The second-order valence-corrected chi connectivity index (χ2v) is 7.86. The van der Waals surface area contributed by atoms with Crippen LogP contribution < -0.4 is 9.64 Å². The first kappa shape index (κ1) is 19.4. The van der Waals surface area contributed by atoms with E-state index in [1.807, 2.05) is 37.3 Å². The molecular weight excluding hydrogens is 410 g/mol. The van der Waals surface area contributed by atoms with Crippen molar-refractivity contribution in [3.8, 4) is 5.88 Å². The Labute approximate surface area is 176 Å². The smallest absolute Gasteiger partial charge is 0.267 e. The van der Waals surface area contributed by atoms with Gasteiger partial charge in [0.2, 0.25) is 5.88 Å². The van der Waals surface area contributed by atoms with Gasteiger partial charge in [-0.1, -0.05) is 35.1 Å². The van der Waals surface area contributed by atoms with Gasteiger partial charge in [0.1, 0.15) is 5.56 Å². The maximum atomic E-state index is 13.5. The summed E-state index contributed by atoms with van der Waals surface area (Å²) < 4.78 is 7.68. The van der Waals surface area contributed by atoms with Gasteiger partial charge in [0.25, 0.3) is 5.91 Å². The van der Waals surface area contributed by atoms with Gasteiger partial charge in [0.05, 0.1) is 34.6 Å². The monoisotopic (exact) mass is 427 g/mol. The fourth-order valence-electron chi connectivity index (χ4n) is 3.00. The van der Waals surface area contributed by atoms with Crippen molar-refractivity contribution in [3.63, 3.8) is 0 Å². The van der Waals surface area contributed by atoms with Gasteiger partial charge in [0.15, 0.2) is 5.13 Å². The molecule has 0 aliphatic rings. The summed E-state index contributed by atoms with van der Waals surface area (Å²) in [6.45, 7) is 2.23. The highest BCUT2D eigenvalue weighted by Crippen LogP contribution is 2.37. The van der Waals surface area contributed by atoms with E-state index in [-0.39, 0.29) is 18.3 Å². The highest BCUT2D eigenvalue weighted by molar-refractivity contribution is 7.23. The molecule has 0 fully saturated rings. The van der Waals surface area contributed by atoms with Crippen LogP contribution in [0, 0.1) is 6.92 Å². The Morgan fingerprint density at radius 2 is 2.14 bits per heavy atom. The zero-order valence-electron chi connectivity index (χ0n) is 16.1. The molecule has 0 saturated heterocycles. The summed E-state index contributed by atoms with van der Waals surface area (Å²) in [5.74, 6) is -0.00715. The number of ether oxygens (including phenoxy) is 1. The van der Waals surface area contributed by atoms with Crippen molar-refractivity contribution in [1.82, 2.24) is 19.7 Å². The van der Waals surface area contributed by atoms with Gasteiger partial charge >= 0.3 is 0 Å². The highest BCUT2D eigenvalue weighted by Gasteiger charge is 2.27. The highest BCUT2D eigenvalue weighted by atomic mass is 35.5. The van der Waals surface area contributed by atoms with E-state index in [1.54, 1.807) is 29.0 Å². The largest absolute Gasteiger partial charge is 0.479 e. The molecule has 148 valence electrons. The zero-order valence-corrected chi connectivity index (χ0v) is 17.7. The number of thiazole rings is 1. The number of carbonyl (C=O) groups is 1. The fraction of sp³-hybridized carbons (Fsp3) is 0.200. The molecule has 4 rings (SSSR count). The van der Waals surface area contributed by atoms with Crippen molar-refractivity contribution in [2.24, 2.45) is 7.05 Å². The van der Waals surface area contributed by atoms with Crippen LogP contribution in [0.1, 0.15) is 21.6 Å². The van der Waals surface area contributed by atoms with Crippen LogP contribution in [0.2, 0.25) is 5.02 Å². The molecule has 3 heterocycles. The van der Waals surface area contributed by atoms with Crippen LogP contribution in [0.3, 0.4) is 0 Å². The van der Waals surface area contributed by atoms with Gasteiger partial charge in [-0.05, 0) is 30.7 Å². The van der Waals surface area contributed by atoms with E-state index in [0.29, 0.717) is 15.7 Å². The summed E-state index contributed by atoms with van der Waals surface area (Å²) in [6.07, 6.45) is 3.33. The Morgan fingerprint density at radius 1 is 1.31 bits per heavy atom. The zero-order chi connectivity index (χ0) is 20.5. The summed E-state index contributed by atoms with van der Waals surface area (Å²) in [5, 5.41) is 5.35. The lowest BCUT2D eigenvalue weighted by Gasteiger charge is -2.19. The van der Waals surface area contributed by atoms with E-state index in [4.69, 9.17) is 21.3 Å². The molecule has 0 spiro atoms. The summed E-state index contributed by atoms with van der Waals surface area (Å²) in [6, 6.07) is 9.35. The summed E-state index contributed by atoms with van der Waals surface area (Å²) in [7, 11) is 3.23. The summed E-state index contributed by atoms with van der Waals surface area (Å²) in [4.78, 5) is 24.2. The maximum absolute atomic E-state index is 13.5. The Morgan fingerprint density at radius 3 is 2.83 bits per heavy atom. The van der Waals surface area contributed by atoms with Crippen molar-refractivity contribution in [2.75, 3.05) is 12.0 Å². The quantitative estimate of drug-likeness (QED) is 0.476. The minimum Gasteiger partial charge on any atom is -0.479 e. The van der Waals surface area contributed by atoms with E-state index in [1.165, 1.54) is 18.4 Å². The topological polar surface area (TPSA) is 73.1 Å². The standard InChI is InChI=1S/C20H18ClN5O2S/c1-12-7-8-15(21)17-16(12)23-20(29-17)26(10-13-6-4-5-9-22-13)19(27)14-11-25(2)24-18(14)28-3/h4-9,11H,10H2,1-3H3. The minimum atomic E-state index is -0.270. The second-order valence-electron chi connectivity index (χ2n) is 6.48. The lowest BCUT2D eigenvalue weighted by Crippen LogP contribution is -2.30. The van der Waals surface area contributed by atoms with Crippen LogP contribution in [0.25, 0.3) is 10.2 Å². The normalized spacial score (nSPS) is 11.0. The average molecular weight is 428 g/mol. The molecule has 1 aromatic carbocycles. The molecule has 3 aromatic heterocycles. The van der Waals surface area contributed by atoms with Crippen molar-refractivity contribution in [1.29, 1.82) is 0 Å². The van der Waals surface area contributed by atoms with Crippen molar-refractivity contribution in [2.45, 2.75) is 13.5 Å². The number of anilines is 1. The number of hydrogen-bond acceptors (Lipinski definition) is 6. The van der Waals surface area contributed by atoms with Crippen LogP contribution in [-0.2, 0) is 13.6 Å². The van der Waals surface area contributed by atoms with Gasteiger partial charge in [-0.15, -0.1) is 5.10 Å². The molecule has 0 aliphatic heterocycles. The Bertz CT molecular complexity index is 1150. The summed E-state index contributed by atoms with van der Waals surface area (Å²) in [5.41, 5.74) is 2.88. The van der Waals surface area contributed by atoms with Crippen LogP contribution in [0.15, 0.2) is 42.7 Å². The number of methoxy groups -OCH3 is 1. The molecular formula is C20H18ClN5O2S. The first-order valence-corrected chi connectivity index (χ1v) is 10.0. The molecule has 1 amide bonds. The number of halogens is 1. The molecule has 0 radical (unpaired) electrons. The predicted molar refractivity (Wildman–Crippen MR) is 114 cm³/mol. The number of amides is 1. The molecule has 9 heteroatoms. The molecule has 0 bridgehead atoms. The van der Waals surface area contributed by atoms with Crippen LogP contribution >= 0.6 is 22.9 Å². The molecule has 0 aliphatic carbocycles. The second kappa shape index (κ2) is 7.81. The van der Waals surface area contributed by atoms with Gasteiger partial charge in [-0.2, -0.15) is 0 Å². The van der Waals surface area contributed by atoms with Crippen LogP contribution in [0.4, 0.5) is 5.13 Å². The van der Waals surface area contributed by atoms with Crippen molar-refractivity contribution in [3.05, 3.63) is 64.6 Å². The Kier molecular flexibility index (Phi) is 5.21. The van der Waals surface area contributed by atoms with E-state index < -0.39 is 0 Å². The molecule has 7 nitrogen and oxygen atoms in total. The number of aryl methyl sites for hydroxylation is 2. The number of benzene rings is 1. The number of aromatic nitrogens is 4. The number of nitrogens with zero attached hydrogens (tertiary/aromatic N) is 5. The van der Waals surface area contributed by atoms with Gasteiger partial charge < -0.3 is 4.74 Å². The molecule has 0 N–H and O–H groups in total. The number of rotatable bonds is 5. The first-order chi connectivity index (χ1) is 14.0. The molecule has 0 atom stereocenters. The van der Waals surface area contributed by atoms with E-state index >= 15 is 0 Å². The van der Waals surface area contributed by atoms with Crippen LogP contribution in [-0.4, -0.2) is 32.8 Å². The lowest BCUT2D eigenvalue weighted by atomic mass is 10.2. The third-order valence-corrected chi connectivity index (χ3v) is 5.97.